The van der Waals surface area contributed by atoms with Crippen LogP contribution in [0.3, 0.4) is 0 Å². The monoisotopic (exact) mass is 215 g/mol. The van der Waals surface area contributed by atoms with E-state index in [-0.39, 0.29) is 6.61 Å². The van der Waals surface area contributed by atoms with E-state index in [4.69, 9.17) is 10.2 Å². The van der Waals surface area contributed by atoms with Crippen LogP contribution in [0.5, 0.6) is 0 Å². The van der Waals surface area contributed by atoms with Crippen molar-refractivity contribution in [2.45, 2.75) is 12.5 Å². The van der Waals surface area contributed by atoms with E-state index in [1.165, 1.54) is 11.3 Å². The van der Waals surface area contributed by atoms with Gasteiger partial charge in [-0.05, 0) is 35.4 Å². The molecule has 0 amide bonds. The Labute approximate surface area is 86.2 Å². The number of carboxylic acids is 1. The van der Waals surface area contributed by atoms with Crippen molar-refractivity contribution in [3.05, 3.63) is 22.4 Å². The van der Waals surface area contributed by atoms with Gasteiger partial charge in [0.25, 0.3) is 0 Å². The maximum absolute atomic E-state index is 10.9. The number of aliphatic hydroxyl groups excluding tert-OH is 1. The first kappa shape index (κ1) is 11.2. The van der Waals surface area contributed by atoms with Gasteiger partial charge in [0.1, 0.15) is 6.04 Å². The molecule has 1 aromatic heterocycles. The molecule has 0 aliphatic rings. The third kappa shape index (κ3) is 3.10. The Kier molecular flexibility index (Phi) is 4.58. The minimum Gasteiger partial charge on any atom is -0.480 e. The summed E-state index contributed by atoms with van der Waals surface area (Å²) in [4.78, 5) is 10.9. The quantitative estimate of drug-likeness (QED) is 0.615. The number of carbonyl (C=O) groups is 1. The highest BCUT2D eigenvalue weighted by atomic mass is 32.1. The van der Waals surface area contributed by atoms with Crippen molar-refractivity contribution in [1.82, 2.24) is 5.32 Å². The van der Waals surface area contributed by atoms with E-state index in [2.05, 4.69) is 5.32 Å². The normalized spacial score (nSPS) is 12.6. The van der Waals surface area contributed by atoms with Crippen molar-refractivity contribution in [2.24, 2.45) is 0 Å². The standard InChI is InChI=1S/C9H13NO3S/c11-4-1-3-10-8(9(12)13)7-2-5-14-6-7/h2,5-6,8,10-11H,1,3-4H2,(H,12,13). The molecule has 1 heterocycles. The fourth-order valence-corrected chi connectivity index (χ4v) is 1.80. The predicted molar refractivity (Wildman–Crippen MR) is 54.4 cm³/mol. The second-order valence-electron chi connectivity index (χ2n) is 2.86. The number of hydrogen-bond donors (Lipinski definition) is 3. The Morgan fingerprint density at radius 2 is 2.43 bits per heavy atom. The van der Waals surface area contributed by atoms with Crippen LogP contribution < -0.4 is 5.32 Å². The minimum absolute atomic E-state index is 0.0724. The Hall–Kier alpha value is -0.910. The summed E-state index contributed by atoms with van der Waals surface area (Å²) in [6, 6.07) is 1.13. The number of nitrogens with one attached hydrogen (secondary N) is 1. The number of aliphatic carboxylic acids is 1. The summed E-state index contributed by atoms with van der Waals surface area (Å²) in [7, 11) is 0. The minimum atomic E-state index is -0.888. The fraction of sp³-hybridized carbons (Fsp3) is 0.444. The number of carboxylic acid groups (broad SMARTS) is 1. The van der Waals surface area contributed by atoms with Gasteiger partial charge < -0.3 is 15.5 Å². The van der Waals surface area contributed by atoms with Crippen LogP contribution >= 0.6 is 11.3 Å². The molecule has 0 bridgehead atoms. The Morgan fingerprint density at radius 3 is 2.93 bits per heavy atom. The van der Waals surface area contributed by atoms with Gasteiger partial charge in [0.15, 0.2) is 0 Å². The Balaban J connectivity index is 2.52. The molecule has 0 aromatic carbocycles. The first-order valence-electron chi connectivity index (χ1n) is 4.35. The van der Waals surface area contributed by atoms with E-state index in [1.807, 2.05) is 10.8 Å². The van der Waals surface area contributed by atoms with Crippen LogP contribution in [-0.2, 0) is 4.79 Å². The lowest BCUT2D eigenvalue weighted by atomic mass is 10.1. The molecule has 0 aliphatic carbocycles. The molecule has 0 fully saturated rings. The van der Waals surface area contributed by atoms with Crippen molar-refractivity contribution >= 4 is 17.3 Å². The van der Waals surface area contributed by atoms with Gasteiger partial charge in [-0.2, -0.15) is 11.3 Å². The molecule has 0 radical (unpaired) electrons. The van der Waals surface area contributed by atoms with Gasteiger partial charge in [0, 0.05) is 6.61 Å². The average molecular weight is 215 g/mol. The summed E-state index contributed by atoms with van der Waals surface area (Å²) in [5.74, 6) is -0.888. The smallest absolute Gasteiger partial charge is 0.325 e. The van der Waals surface area contributed by atoms with Gasteiger partial charge in [-0.25, -0.2) is 0 Å². The summed E-state index contributed by atoms with van der Waals surface area (Å²) in [5.41, 5.74) is 0.764. The molecule has 1 unspecified atom stereocenters. The summed E-state index contributed by atoms with van der Waals surface area (Å²) < 4.78 is 0. The van der Waals surface area contributed by atoms with Crippen molar-refractivity contribution in [1.29, 1.82) is 0 Å². The van der Waals surface area contributed by atoms with Gasteiger partial charge in [0.05, 0.1) is 0 Å². The van der Waals surface area contributed by atoms with Crippen LogP contribution in [0.4, 0.5) is 0 Å². The number of thiophene rings is 1. The second kappa shape index (κ2) is 5.74. The lowest BCUT2D eigenvalue weighted by Gasteiger charge is -2.12. The summed E-state index contributed by atoms with van der Waals surface area (Å²) in [6.07, 6.45) is 0.563. The zero-order chi connectivity index (χ0) is 10.4. The molecular formula is C9H13NO3S. The van der Waals surface area contributed by atoms with Gasteiger partial charge in [-0.15, -0.1) is 0 Å². The van der Waals surface area contributed by atoms with Gasteiger partial charge >= 0.3 is 5.97 Å². The second-order valence-corrected chi connectivity index (χ2v) is 3.64. The highest BCUT2D eigenvalue weighted by Crippen LogP contribution is 2.16. The van der Waals surface area contributed by atoms with E-state index in [0.29, 0.717) is 13.0 Å². The van der Waals surface area contributed by atoms with Crippen molar-refractivity contribution in [3.63, 3.8) is 0 Å². The number of aliphatic hydroxyl groups is 1. The SMILES string of the molecule is O=C(O)C(NCCCO)c1ccsc1. The molecule has 1 aromatic rings. The first-order valence-corrected chi connectivity index (χ1v) is 5.29. The molecule has 78 valence electrons. The first-order chi connectivity index (χ1) is 6.75. The molecule has 3 N–H and O–H groups in total. The molecular weight excluding hydrogens is 202 g/mol. The summed E-state index contributed by atoms with van der Waals surface area (Å²) in [5, 5.41) is 24.0. The summed E-state index contributed by atoms with van der Waals surface area (Å²) in [6.45, 7) is 0.576. The highest BCUT2D eigenvalue weighted by molar-refractivity contribution is 7.08. The number of hydrogen-bond acceptors (Lipinski definition) is 4. The Morgan fingerprint density at radius 1 is 1.64 bits per heavy atom. The summed E-state index contributed by atoms with van der Waals surface area (Å²) >= 11 is 1.47. The zero-order valence-corrected chi connectivity index (χ0v) is 8.46. The molecule has 0 spiro atoms. The van der Waals surface area contributed by atoms with Crippen LogP contribution in [0.2, 0.25) is 0 Å². The zero-order valence-electron chi connectivity index (χ0n) is 7.64. The van der Waals surface area contributed by atoms with Crippen molar-refractivity contribution < 1.29 is 15.0 Å². The van der Waals surface area contributed by atoms with E-state index in [9.17, 15) is 4.79 Å². The fourth-order valence-electron chi connectivity index (χ4n) is 1.11. The topological polar surface area (TPSA) is 69.6 Å². The van der Waals surface area contributed by atoms with Crippen LogP contribution in [0.25, 0.3) is 0 Å². The Bertz CT molecular complexity index is 274. The van der Waals surface area contributed by atoms with Crippen LogP contribution in [0.1, 0.15) is 18.0 Å². The van der Waals surface area contributed by atoms with Crippen LogP contribution in [-0.4, -0.2) is 29.3 Å². The maximum Gasteiger partial charge on any atom is 0.325 e. The van der Waals surface area contributed by atoms with Crippen LogP contribution in [0, 0.1) is 0 Å². The molecule has 0 saturated heterocycles. The van der Waals surface area contributed by atoms with E-state index >= 15 is 0 Å². The lowest BCUT2D eigenvalue weighted by Crippen LogP contribution is -2.29. The van der Waals surface area contributed by atoms with E-state index in [1.54, 1.807) is 6.07 Å². The largest absolute Gasteiger partial charge is 0.480 e. The highest BCUT2D eigenvalue weighted by Gasteiger charge is 2.18. The third-order valence-electron chi connectivity index (χ3n) is 1.81. The van der Waals surface area contributed by atoms with Crippen molar-refractivity contribution in [3.8, 4) is 0 Å². The molecule has 0 aliphatic heterocycles. The molecule has 1 atom stereocenters. The average Bonchev–Trinajstić information content (AvgIpc) is 2.64. The van der Waals surface area contributed by atoms with Gasteiger partial charge in [-0.1, -0.05) is 0 Å². The maximum atomic E-state index is 10.9. The third-order valence-corrected chi connectivity index (χ3v) is 2.51. The molecule has 4 nitrogen and oxygen atoms in total. The van der Waals surface area contributed by atoms with Crippen molar-refractivity contribution in [2.75, 3.05) is 13.2 Å². The lowest BCUT2D eigenvalue weighted by molar-refractivity contribution is -0.139. The van der Waals surface area contributed by atoms with E-state index < -0.39 is 12.0 Å². The van der Waals surface area contributed by atoms with Crippen LogP contribution in [0.15, 0.2) is 16.8 Å². The molecule has 14 heavy (non-hydrogen) atoms. The van der Waals surface area contributed by atoms with Gasteiger partial charge in [-0.3, -0.25) is 4.79 Å². The molecule has 5 heteroatoms. The van der Waals surface area contributed by atoms with Gasteiger partial charge in [0.2, 0.25) is 0 Å². The number of rotatable bonds is 6. The molecule has 0 saturated carbocycles. The predicted octanol–water partition coefficient (Wildman–Crippen LogP) is 0.846. The molecule has 1 rings (SSSR count). The van der Waals surface area contributed by atoms with E-state index in [0.717, 1.165) is 5.56 Å².